The summed E-state index contributed by atoms with van der Waals surface area (Å²) in [7, 11) is 1.74. The summed E-state index contributed by atoms with van der Waals surface area (Å²) < 4.78 is 11.0. The van der Waals surface area contributed by atoms with Crippen LogP contribution in [-0.2, 0) is 16.1 Å². The van der Waals surface area contributed by atoms with E-state index in [0.29, 0.717) is 6.61 Å². The Morgan fingerprint density at radius 3 is 1.76 bits per heavy atom. The van der Waals surface area contributed by atoms with Crippen molar-refractivity contribution in [3.05, 3.63) is 73.3 Å². The van der Waals surface area contributed by atoms with E-state index in [1.54, 1.807) is 21.0 Å². The fourth-order valence-electron chi connectivity index (χ4n) is 3.55. The van der Waals surface area contributed by atoms with Gasteiger partial charge in [-0.05, 0) is 64.6 Å². The first kappa shape index (κ1) is 31.5. The SMILES string of the molecule is C=C.CC.CC.CC(C)O.COCCCCOCc1ccc2ccc3cccc4ccc1c2c34. The molecule has 0 bridgehead atoms. The predicted molar refractivity (Wildman–Crippen MR) is 152 cm³/mol. The van der Waals surface area contributed by atoms with E-state index >= 15 is 0 Å². The van der Waals surface area contributed by atoms with Crippen molar-refractivity contribution in [1.29, 1.82) is 0 Å². The summed E-state index contributed by atoms with van der Waals surface area (Å²) in [4.78, 5) is 0. The van der Waals surface area contributed by atoms with Gasteiger partial charge in [-0.1, -0.05) is 82.3 Å². The smallest absolute Gasteiger partial charge is 0.0722 e. The Kier molecular flexibility index (Phi) is 17.5. The molecule has 4 aromatic rings. The number of unbranched alkanes of at least 4 members (excludes halogenated alkanes) is 1. The van der Waals surface area contributed by atoms with Crippen LogP contribution in [0.15, 0.2) is 67.8 Å². The molecule has 188 valence electrons. The zero-order valence-corrected chi connectivity index (χ0v) is 22.5. The second kappa shape index (κ2) is 18.9. The average Bonchev–Trinajstić information content (AvgIpc) is 2.88. The molecular weight excluding hydrogens is 420 g/mol. The Hall–Kier alpha value is -2.46. The number of benzene rings is 4. The highest BCUT2D eigenvalue weighted by atomic mass is 16.5. The Morgan fingerprint density at radius 1 is 0.735 bits per heavy atom. The highest BCUT2D eigenvalue weighted by molar-refractivity contribution is 6.23. The summed E-state index contributed by atoms with van der Waals surface area (Å²) in [5.74, 6) is 0. The summed E-state index contributed by atoms with van der Waals surface area (Å²) in [5.41, 5.74) is 1.27. The monoisotopic (exact) mass is 466 g/mol. The zero-order chi connectivity index (χ0) is 25.9. The van der Waals surface area contributed by atoms with Crippen molar-refractivity contribution >= 4 is 32.3 Å². The van der Waals surface area contributed by atoms with Crippen molar-refractivity contribution in [2.75, 3.05) is 20.3 Å². The van der Waals surface area contributed by atoms with Gasteiger partial charge in [0, 0.05) is 26.4 Å². The third-order valence-electron chi connectivity index (χ3n) is 4.76. The van der Waals surface area contributed by atoms with Gasteiger partial charge in [0.25, 0.3) is 0 Å². The van der Waals surface area contributed by atoms with E-state index in [1.807, 2.05) is 27.7 Å². The summed E-state index contributed by atoms with van der Waals surface area (Å²) in [5, 5.41) is 16.0. The van der Waals surface area contributed by atoms with E-state index < -0.39 is 0 Å². The number of hydrogen-bond donors (Lipinski definition) is 1. The average molecular weight is 467 g/mol. The number of rotatable bonds is 7. The molecule has 0 heterocycles. The zero-order valence-electron chi connectivity index (χ0n) is 22.5. The van der Waals surface area contributed by atoms with Crippen LogP contribution >= 0.6 is 0 Å². The van der Waals surface area contributed by atoms with Crippen molar-refractivity contribution in [2.45, 2.75) is 67.1 Å². The van der Waals surface area contributed by atoms with E-state index in [4.69, 9.17) is 14.6 Å². The van der Waals surface area contributed by atoms with Crippen LogP contribution in [0.5, 0.6) is 0 Å². The van der Waals surface area contributed by atoms with Crippen LogP contribution in [0.4, 0.5) is 0 Å². The van der Waals surface area contributed by atoms with Crippen LogP contribution < -0.4 is 0 Å². The molecule has 0 aliphatic heterocycles. The number of methoxy groups -OCH3 is 1. The maximum atomic E-state index is 8.06. The molecule has 0 aromatic heterocycles. The van der Waals surface area contributed by atoms with Crippen molar-refractivity contribution in [2.24, 2.45) is 0 Å². The lowest BCUT2D eigenvalue weighted by Crippen LogP contribution is -1.99. The van der Waals surface area contributed by atoms with E-state index in [-0.39, 0.29) is 6.10 Å². The van der Waals surface area contributed by atoms with Gasteiger partial charge >= 0.3 is 0 Å². The Bertz CT molecular complexity index is 1000. The molecule has 34 heavy (non-hydrogen) atoms. The minimum atomic E-state index is -0.167. The first-order valence-corrected chi connectivity index (χ1v) is 12.5. The topological polar surface area (TPSA) is 38.7 Å². The van der Waals surface area contributed by atoms with Crippen LogP contribution in [0.2, 0.25) is 0 Å². The molecule has 0 saturated carbocycles. The van der Waals surface area contributed by atoms with Gasteiger partial charge in [-0.3, -0.25) is 0 Å². The highest BCUT2D eigenvalue weighted by Crippen LogP contribution is 2.36. The maximum Gasteiger partial charge on any atom is 0.0722 e. The second-order valence-electron chi connectivity index (χ2n) is 7.43. The lowest BCUT2D eigenvalue weighted by Gasteiger charge is -2.14. The molecule has 0 saturated heterocycles. The van der Waals surface area contributed by atoms with Gasteiger partial charge in [0.15, 0.2) is 0 Å². The fourth-order valence-corrected chi connectivity index (χ4v) is 3.55. The lowest BCUT2D eigenvalue weighted by molar-refractivity contribution is 0.108. The highest BCUT2D eigenvalue weighted by Gasteiger charge is 2.10. The van der Waals surface area contributed by atoms with Gasteiger partial charge < -0.3 is 14.6 Å². The summed E-state index contributed by atoms with van der Waals surface area (Å²) in [6.45, 7) is 19.7. The molecule has 4 aromatic carbocycles. The summed E-state index contributed by atoms with van der Waals surface area (Å²) in [6, 6.07) is 19.9. The number of aliphatic hydroxyl groups is 1. The molecule has 0 spiro atoms. The van der Waals surface area contributed by atoms with Crippen molar-refractivity contribution < 1.29 is 14.6 Å². The molecule has 0 unspecified atom stereocenters. The van der Waals surface area contributed by atoms with E-state index in [2.05, 4.69) is 67.8 Å². The van der Waals surface area contributed by atoms with Crippen LogP contribution in [0.3, 0.4) is 0 Å². The molecule has 1 N–H and O–H groups in total. The first-order chi connectivity index (χ1) is 16.6. The van der Waals surface area contributed by atoms with Crippen LogP contribution in [0, 0.1) is 0 Å². The summed E-state index contributed by atoms with van der Waals surface area (Å²) >= 11 is 0. The maximum absolute atomic E-state index is 8.06. The molecule has 0 amide bonds. The third kappa shape index (κ3) is 9.42. The normalized spacial score (nSPS) is 9.91. The molecule has 0 atom stereocenters. The Labute approximate surface area is 207 Å². The van der Waals surface area contributed by atoms with E-state index in [0.717, 1.165) is 26.1 Å². The van der Waals surface area contributed by atoms with Gasteiger partial charge in [-0.25, -0.2) is 0 Å². The van der Waals surface area contributed by atoms with Crippen molar-refractivity contribution in [3.8, 4) is 0 Å². The first-order valence-electron chi connectivity index (χ1n) is 12.5. The lowest BCUT2D eigenvalue weighted by atomic mass is 9.92. The molecule has 0 aliphatic rings. The van der Waals surface area contributed by atoms with E-state index in [9.17, 15) is 0 Å². The molecule has 3 nitrogen and oxygen atoms in total. The minimum absolute atomic E-state index is 0.167. The standard InChI is InChI=1S/C22H22O2.C3H8O.2C2H6.C2H4/c1-23-13-2-3-14-24-15-19-10-9-18-8-7-16-5-4-6-17-11-12-20(19)22(18)21(16)17;1-3(2)4;3*1-2/h4-12H,2-3,13-15H2,1H3;3-4H,1-2H3;2*1-2H3;1-2H2. The van der Waals surface area contributed by atoms with E-state index in [1.165, 1.54) is 37.9 Å². The molecule has 0 radical (unpaired) electrons. The molecule has 0 aliphatic carbocycles. The van der Waals surface area contributed by atoms with Crippen LogP contribution in [-0.4, -0.2) is 31.5 Å². The Morgan fingerprint density at radius 2 is 1.21 bits per heavy atom. The van der Waals surface area contributed by atoms with Gasteiger partial charge in [-0.15, -0.1) is 13.2 Å². The van der Waals surface area contributed by atoms with Gasteiger partial charge in [0.1, 0.15) is 0 Å². The van der Waals surface area contributed by atoms with Crippen LogP contribution in [0.25, 0.3) is 32.3 Å². The molecule has 4 rings (SSSR count). The van der Waals surface area contributed by atoms with Crippen LogP contribution in [0.1, 0.15) is 59.9 Å². The number of hydrogen-bond acceptors (Lipinski definition) is 3. The predicted octanol–water partition coefficient (Wildman–Crippen LogP) is 8.77. The van der Waals surface area contributed by atoms with Gasteiger partial charge in [0.2, 0.25) is 0 Å². The number of aliphatic hydroxyl groups excluding tert-OH is 1. The van der Waals surface area contributed by atoms with Crippen molar-refractivity contribution in [1.82, 2.24) is 0 Å². The molecule has 3 heteroatoms. The third-order valence-corrected chi connectivity index (χ3v) is 4.76. The molecular formula is C31H46O3. The quantitative estimate of drug-likeness (QED) is 0.168. The second-order valence-corrected chi connectivity index (χ2v) is 7.43. The minimum Gasteiger partial charge on any atom is -0.394 e. The fraction of sp³-hybridized carbons (Fsp3) is 0.419. The van der Waals surface area contributed by atoms with Gasteiger partial charge in [0.05, 0.1) is 6.61 Å². The van der Waals surface area contributed by atoms with Crippen molar-refractivity contribution in [3.63, 3.8) is 0 Å². The summed E-state index contributed by atoms with van der Waals surface area (Å²) in [6.07, 6.45) is 1.93. The van der Waals surface area contributed by atoms with Gasteiger partial charge in [-0.2, -0.15) is 0 Å². The number of ether oxygens (including phenoxy) is 2. The largest absolute Gasteiger partial charge is 0.394 e. The molecule has 0 fully saturated rings. The Balaban J connectivity index is 0.000000955.